The molecule has 110 valence electrons. The van der Waals surface area contributed by atoms with E-state index in [9.17, 15) is 0 Å². The third-order valence-corrected chi connectivity index (χ3v) is 12.3. The molecule has 0 atom stereocenters. The van der Waals surface area contributed by atoms with Gasteiger partial charge in [0.1, 0.15) is 0 Å². The molecule has 0 aromatic heterocycles. The van der Waals surface area contributed by atoms with E-state index in [0.717, 1.165) is 5.56 Å². The van der Waals surface area contributed by atoms with Gasteiger partial charge in [0.15, 0.2) is 0 Å². The summed E-state index contributed by atoms with van der Waals surface area (Å²) in [7, 11) is 0. The fourth-order valence-electron chi connectivity index (χ4n) is 2.23. The molecule has 0 unspecified atom stereocenters. The Bertz CT molecular complexity index is 496. The van der Waals surface area contributed by atoms with Crippen LogP contribution >= 0.6 is 0 Å². The van der Waals surface area contributed by atoms with E-state index in [1.165, 1.54) is 0 Å². The van der Waals surface area contributed by atoms with Gasteiger partial charge in [-0.25, -0.2) is 0 Å². The monoisotopic (exact) mass is 398 g/mol. The van der Waals surface area contributed by atoms with Crippen molar-refractivity contribution in [2.75, 3.05) is 0 Å². The van der Waals surface area contributed by atoms with Gasteiger partial charge in [0, 0.05) is 0 Å². The van der Waals surface area contributed by atoms with Crippen LogP contribution in [-0.2, 0) is 15.3 Å². The summed E-state index contributed by atoms with van der Waals surface area (Å²) in [5, 5.41) is 0. The maximum atomic E-state index is 5.70. The molecule has 1 aliphatic heterocycles. The van der Waals surface area contributed by atoms with E-state index >= 15 is 0 Å². The topological polar surface area (TPSA) is 18.5 Å². The SMILES string of the molecule is CC1(c2c[c]([Ge]([CH3])([CH3])[CH3])c[c]([Ge]([CH3])([CH3])[CH3])c2)OC=CO1. The van der Waals surface area contributed by atoms with Crippen LogP contribution in [0.4, 0.5) is 0 Å². The summed E-state index contributed by atoms with van der Waals surface area (Å²) in [6.45, 7) is 2.00. The molecule has 0 spiro atoms. The number of benzene rings is 1. The van der Waals surface area contributed by atoms with E-state index in [2.05, 4.69) is 52.7 Å². The number of rotatable bonds is 3. The van der Waals surface area contributed by atoms with Crippen molar-refractivity contribution in [1.29, 1.82) is 0 Å². The second-order valence-electron chi connectivity index (χ2n) is 7.75. The van der Waals surface area contributed by atoms with Crippen LogP contribution in [0.3, 0.4) is 0 Å². The number of ether oxygens (including phenoxy) is 2. The van der Waals surface area contributed by atoms with Crippen LogP contribution in [-0.4, -0.2) is 26.5 Å². The summed E-state index contributed by atoms with van der Waals surface area (Å²) in [5.41, 5.74) is 1.16. The zero-order valence-corrected chi connectivity index (χ0v) is 17.9. The molecule has 0 N–H and O–H groups in total. The summed E-state index contributed by atoms with van der Waals surface area (Å²) < 4.78 is 14.5. The van der Waals surface area contributed by atoms with Gasteiger partial charge in [0.2, 0.25) is 0 Å². The minimum absolute atomic E-state index is 0.647. The van der Waals surface area contributed by atoms with Crippen LogP contribution in [0.15, 0.2) is 30.7 Å². The fourth-order valence-corrected chi connectivity index (χ4v) is 7.81. The van der Waals surface area contributed by atoms with Crippen molar-refractivity contribution in [1.82, 2.24) is 0 Å². The molecule has 2 rings (SSSR count). The van der Waals surface area contributed by atoms with Gasteiger partial charge < -0.3 is 0 Å². The van der Waals surface area contributed by atoms with Crippen molar-refractivity contribution in [2.24, 2.45) is 0 Å². The van der Waals surface area contributed by atoms with Crippen LogP contribution in [0.1, 0.15) is 12.5 Å². The van der Waals surface area contributed by atoms with Gasteiger partial charge in [0.05, 0.1) is 0 Å². The molecule has 0 radical (unpaired) electrons. The molecule has 1 heterocycles. The van der Waals surface area contributed by atoms with E-state index in [-0.39, 0.29) is 0 Å². The van der Waals surface area contributed by atoms with Crippen LogP contribution < -0.4 is 8.79 Å². The molecule has 0 saturated heterocycles. The first-order valence-corrected chi connectivity index (χ1v) is 21.9. The molecule has 1 aliphatic rings. The second kappa shape index (κ2) is 5.13. The first-order chi connectivity index (χ1) is 9.02. The Kier molecular flexibility index (Phi) is 4.11. The summed E-state index contributed by atoms with van der Waals surface area (Å²) >= 11 is -3.76. The van der Waals surface area contributed by atoms with Crippen LogP contribution in [0.2, 0.25) is 34.5 Å². The fraction of sp³-hybridized carbons (Fsp3) is 0.500. The zero-order chi connectivity index (χ0) is 15.2. The minimum atomic E-state index is -1.88. The molecule has 2 nitrogen and oxygen atoms in total. The first kappa shape index (κ1) is 16.0. The number of hydrogen-bond acceptors (Lipinski definition) is 2. The Balaban J connectivity index is 2.58. The van der Waals surface area contributed by atoms with Gasteiger partial charge in [-0.2, -0.15) is 0 Å². The third-order valence-electron chi connectivity index (χ3n) is 3.83. The van der Waals surface area contributed by atoms with Crippen molar-refractivity contribution in [3.8, 4) is 0 Å². The normalized spacial score (nSPS) is 17.8. The average Bonchev–Trinajstić information content (AvgIpc) is 2.75. The maximum absolute atomic E-state index is 5.70. The van der Waals surface area contributed by atoms with Crippen molar-refractivity contribution < 1.29 is 9.47 Å². The molecule has 0 saturated carbocycles. The molecular weight excluding hydrogens is 369 g/mol. The second-order valence-corrected chi connectivity index (χ2v) is 29.1. The predicted octanol–water partition coefficient (Wildman–Crippen LogP) is 3.47. The van der Waals surface area contributed by atoms with Crippen molar-refractivity contribution in [3.05, 3.63) is 36.3 Å². The molecule has 20 heavy (non-hydrogen) atoms. The van der Waals surface area contributed by atoms with Gasteiger partial charge >= 0.3 is 128 Å². The quantitative estimate of drug-likeness (QED) is 0.730. The molecule has 1 aromatic rings. The third kappa shape index (κ3) is 3.27. The van der Waals surface area contributed by atoms with Gasteiger partial charge in [-0.1, -0.05) is 0 Å². The Morgan fingerprint density at radius 2 is 1.15 bits per heavy atom. The Morgan fingerprint density at radius 3 is 1.50 bits per heavy atom. The van der Waals surface area contributed by atoms with Crippen LogP contribution in [0.5, 0.6) is 0 Å². The zero-order valence-electron chi connectivity index (χ0n) is 13.7. The summed E-state index contributed by atoms with van der Waals surface area (Å²) in [6.07, 6.45) is 3.28. The van der Waals surface area contributed by atoms with E-state index in [0.29, 0.717) is 0 Å². The van der Waals surface area contributed by atoms with E-state index in [1.54, 1.807) is 21.3 Å². The Morgan fingerprint density at radius 1 is 0.750 bits per heavy atom. The summed E-state index contributed by atoms with van der Waals surface area (Å²) in [5.74, 6) is 14.0. The van der Waals surface area contributed by atoms with Crippen molar-refractivity contribution >= 4 is 35.3 Å². The number of hydrogen-bond donors (Lipinski definition) is 0. The average molecular weight is 396 g/mol. The molecule has 0 aliphatic carbocycles. The molecule has 0 amide bonds. The molecular formula is C16H26Ge2O2. The summed E-state index contributed by atoms with van der Waals surface area (Å²) in [6, 6.07) is 7.09. The van der Waals surface area contributed by atoms with Crippen molar-refractivity contribution in [3.63, 3.8) is 0 Å². The molecule has 4 heteroatoms. The predicted molar refractivity (Wildman–Crippen MR) is 91.1 cm³/mol. The van der Waals surface area contributed by atoms with Crippen LogP contribution in [0.25, 0.3) is 0 Å². The van der Waals surface area contributed by atoms with Gasteiger partial charge in [-0.15, -0.1) is 0 Å². The molecule has 0 bridgehead atoms. The molecule has 1 aromatic carbocycles. The van der Waals surface area contributed by atoms with Crippen molar-refractivity contribution in [2.45, 2.75) is 47.2 Å². The summed E-state index contributed by atoms with van der Waals surface area (Å²) in [4.78, 5) is 0. The van der Waals surface area contributed by atoms with Gasteiger partial charge in [-0.05, 0) is 0 Å². The van der Waals surface area contributed by atoms with Gasteiger partial charge in [-0.3, -0.25) is 0 Å². The van der Waals surface area contributed by atoms with Crippen LogP contribution in [0, 0.1) is 0 Å². The first-order valence-electron chi connectivity index (χ1n) is 7.20. The molecule has 0 fully saturated rings. The van der Waals surface area contributed by atoms with E-state index in [1.807, 2.05) is 6.92 Å². The van der Waals surface area contributed by atoms with E-state index in [4.69, 9.17) is 9.47 Å². The van der Waals surface area contributed by atoms with Gasteiger partial charge in [0.25, 0.3) is 0 Å². The van der Waals surface area contributed by atoms with E-state index < -0.39 is 32.3 Å². The Labute approximate surface area is 128 Å². The standard InChI is InChI=1S/C16H26Ge2O2/c1-16(19-8-9-20-16)13-10-14(17(2,3)4)12-15(11-13)18(5,6)7/h8-12H,1-7H3. The Hall–Kier alpha value is -0.354.